The minimum absolute atomic E-state index is 0.187. The van der Waals surface area contributed by atoms with Gasteiger partial charge in [0.25, 0.3) is 5.56 Å². The Balaban J connectivity index is 0.00000144. The third-order valence-electron chi connectivity index (χ3n) is 6.67. The smallest absolute Gasteiger partial charge is 0.340 e. The number of carbonyl (C=O) groups excluding carboxylic acids is 1. The molecule has 0 bridgehead atoms. The quantitative estimate of drug-likeness (QED) is 0.177. The van der Waals surface area contributed by atoms with Gasteiger partial charge in [0.2, 0.25) is 0 Å². The Bertz CT molecular complexity index is 1640. The zero-order chi connectivity index (χ0) is 27.1. The molecule has 1 atom stereocenters. The molecule has 2 aromatic carbocycles. The van der Waals surface area contributed by atoms with Gasteiger partial charge in [-0.05, 0) is 66.4 Å². The fourth-order valence-electron chi connectivity index (χ4n) is 4.77. The Kier molecular flexibility index (Phi) is 6.95. The minimum Gasteiger partial charge on any atom is -0.458 e. The molecule has 0 amide bonds. The van der Waals surface area contributed by atoms with Crippen molar-refractivity contribution in [3.8, 4) is 11.4 Å². The number of rotatable bonds is 4. The van der Waals surface area contributed by atoms with Crippen molar-refractivity contribution in [2.45, 2.75) is 51.5 Å². The van der Waals surface area contributed by atoms with Crippen LogP contribution in [0.4, 0.5) is 10.1 Å². The van der Waals surface area contributed by atoms with Crippen LogP contribution in [0.15, 0.2) is 52.2 Å². The van der Waals surface area contributed by atoms with Gasteiger partial charge in [-0.3, -0.25) is 9.52 Å². The highest BCUT2D eigenvalue weighted by Crippen LogP contribution is 2.38. The van der Waals surface area contributed by atoms with Gasteiger partial charge in [0.15, 0.2) is 6.10 Å². The lowest BCUT2D eigenvalue weighted by molar-refractivity contribution is -0.157. The number of nitrogen functional groups attached to an aromatic ring is 1. The lowest BCUT2D eigenvalue weighted by Crippen LogP contribution is -2.32. The lowest BCUT2D eigenvalue weighted by atomic mass is 9.98. The number of esters is 1. The molecule has 0 saturated carbocycles. The van der Waals surface area contributed by atoms with Crippen LogP contribution in [0.3, 0.4) is 0 Å². The second-order valence-corrected chi connectivity index (χ2v) is 9.86. The maximum absolute atomic E-state index is 14.5. The summed E-state index contributed by atoms with van der Waals surface area (Å²) in [7, 11) is 0. The van der Waals surface area contributed by atoms with E-state index in [2.05, 4.69) is 4.72 Å². The number of nitrogens with two attached hydrogens (primary N) is 1. The Morgan fingerprint density at radius 2 is 1.92 bits per heavy atom. The van der Waals surface area contributed by atoms with E-state index in [0.29, 0.717) is 34.7 Å². The van der Waals surface area contributed by atoms with Crippen LogP contribution in [0.25, 0.3) is 22.3 Å². The fourth-order valence-corrected chi connectivity index (χ4v) is 5.42. The molecule has 4 N–H and O–H groups in total. The third-order valence-corrected chi connectivity index (χ3v) is 7.47. The summed E-state index contributed by atoms with van der Waals surface area (Å²) in [6.45, 7) is 6.21. The van der Waals surface area contributed by atoms with Crippen LogP contribution in [0.5, 0.6) is 0 Å². The van der Waals surface area contributed by atoms with Gasteiger partial charge in [0, 0.05) is 39.7 Å². The van der Waals surface area contributed by atoms with E-state index in [1.165, 1.54) is 18.0 Å². The maximum Gasteiger partial charge on any atom is 0.340 e. The molecule has 4 aromatic rings. The molecule has 8 nitrogen and oxygen atoms in total. The van der Waals surface area contributed by atoms with Crippen molar-refractivity contribution < 1.29 is 19.0 Å². The summed E-state index contributed by atoms with van der Waals surface area (Å²) in [4.78, 5) is 30.9. The van der Waals surface area contributed by atoms with Crippen molar-refractivity contribution in [2.24, 2.45) is 0 Å². The van der Waals surface area contributed by atoms with Gasteiger partial charge < -0.3 is 20.1 Å². The molecular weight excluding hydrogens is 507 g/mol. The summed E-state index contributed by atoms with van der Waals surface area (Å²) >= 11 is 1.44. The van der Waals surface area contributed by atoms with E-state index >= 15 is 0 Å². The summed E-state index contributed by atoms with van der Waals surface area (Å²) < 4.78 is 24.4. The Morgan fingerprint density at radius 1 is 1.18 bits per heavy atom. The van der Waals surface area contributed by atoms with Crippen LogP contribution < -0.4 is 16.0 Å². The molecule has 2 aliphatic rings. The van der Waals surface area contributed by atoms with E-state index in [1.807, 2.05) is 38.1 Å². The van der Waals surface area contributed by atoms with Gasteiger partial charge in [-0.25, -0.2) is 14.2 Å². The summed E-state index contributed by atoms with van der Waals surface area (Å²) in [6, 6.07) is 12.3. The SMILES string of the molecule is CC.Cc1cc2c(CNSc3ccc(N)cc3)c3c(nc2cc1F)-c1cc2c(c(=O)n1C3)COC(=O)C2O. The second kappa shape index (κ2) is 10.2. The molecule has 6 rings (SSSR count). The second-order valence-electron chi connectivity index (χ2n) is 8.89. The van der Waals surface area contributed by atoms with E-state index in [4.69, 9.17) is 15.5 Å². The van der Waals surface area contributed by atoms with Gasteiger partial charge >= 0.3 is 5.97 Å². The molecule has 2 aromatic heterocycles. The van der Waals surface area contributed by atoms with E-state index < -0.39 is 12.1 Å². The number of carbonyl (C=O) groups is 1. The van der Waals surface area contributed by atoms with Crippen LogP contribution >= 0.6 is 11.9 Å². The fraction of sp³-hybridized carbons (Fsp3) is 0.250. The molecule has 2 aliphatic heterocycles. The van der Waals surface area contributed by atoms with Crippen molar-refractivity contribution in [3.05, 3.63) is 86.5 Å². The van der Waals surface area contributed by atoms with Gasteiger partial charge in [-0.1, -0.05) is 13.8 Å². The van der Waals surface area contributed by atoms with Gasteiger partial charge in [0.05, 0.1) is 29.0 Å². The minimum atomic E-state index is -1.53. The highest BCUT2D eigenvalue weighted by Gasteiger charge is 2.34. The Morgan fingerprint density at radius 3 is 2.66 bits per heavy atom. The number of ether oxygens (including phenoxy) is 1. The summed E-state index contributed by atoms with van der Waals surface area (Å²) in [5, 5.41) is 11.1. The first-order valence-corrected chi connectivity index (χ1v) is 13.1. The van der Waals surface area contributed by atoms with Crippen molar-refractivity contribution in [3.63, 3.8) is 0 Å². The first-order valence-electron chi connectivity index (χ1n) is 12.3. The molecule has 0 spiro atoms. The van der Waals surface area contributed by atoms with Crippen molar-refractivity contribution >= 4 is 34.5 Å². The maximum atomic E-state index is 14.5. The number of halogens is 1. The number of hydrogen-bond acceptors (Lipinski definition) is 8. The van der Waals surface area contributed by atoms with Crippen LogP contribution in [0, 0.1) is 12.7 Å². The number of nitrogens with zero attached hydrogens (tertiary/aromatic N) is 2. The highest BCUT2D eigenvalue weighted by atomic mass is 32.2. The van der Waals surface area contributed by atoms with Crippen LogP contribution in [-0.2, 0) is 29.2 Å². The number of aliphatic hydroxyl groups excluding tert-OH is 1. The normalized spacial score (nSPS) is 15.3. The van der Waals surface area contributed by atoms with Crippen molar-refractivity contribution in [1.82, 2.24) is 14.3 Å². The van der Waals surface area contributed by atoms with Gasteiger partial charge in [-0.2, -0.15) is 0 Å². The molecule has 4 heterocycles. The molecule has 10 heteroatoms. The monoisotopic (exact) mass is 534 g/mol. The van der Waals surface area contributed by atoms with Gasteiger partial charge in [0.1, 0.15) is 12.4 Å². The number of pyridine rings is 2. The van der Waals surface area contributed by atoms with Crippen LogP contribution in [0.2, 0.25) is 0 Å². The lowest BCUT2D eigenvalue weighted by Gasteiger charge is -2.21. The van der Waals surface area contributed by atoms with Crippen molar-refractivity contribution in [1.29, 1.82) is 0 Å². The van der Waals surface area contributed by atoms with Crippen LogP contribution in [-0.4, -0.2) is 20.6 Å². The number of nitrogens with one attached hydrogen (secondary N) is 1. The number of aromatic nitrogens is 2. The average Bonchev–Trinajstić information content (AvgIpc) is 3.28. The number of anilines is 1. The van der Waals surface area contributed by atoms with E-state index in [-0.39, 0.29) is 35.7 Å². The molecule has 0 radical (unpaired) electrons. The first-order chi connectivity index (χ1) is 18.3. The number of fused-ring (bicyclic) bond motifs is 5. The molecule has 38 heavy (non-hydrogen) atoms. The summed E-state index contributed by atoms with van der Waals surface area (Å²) in [5.74, 6) is -1.16. The zero-order valence-electron chi connectivity index (χ0n) is 21.2. The molecule has 1 unspecified atom stereocenters. The Labute approximate surface area is 222 Å². The largest absolute Gasteiger partial charge is 0.458 e. The van der Waals surface area contributed by atoms with E-state index in [0.717, 1.165) is 21.4 Å². The molecule has 196 valence electrons. The van der Waals surface area contributed by atoms with Crippen LogP contribution in [0.1, 0.15) is 47.8 Å². The zero-order valence-corrected chi connectivity index (χ0v) is 22.0. The Hall–Kier alpha value is -3.73. The predicted molar refractivity (Wildman–Crippen MR) is 145 cm³/mol. The van der Waals surface area contributed by atoms with Gasteiger partial charge in [-0.15, -0.1) is 0 Å². The number of hydrogen-bond donors (Lipinski definition) is 3. The number of benzene rings is 2. The van der Waals surface area contributed by atoms with E-state index in [9.17, 15) is 19.1 Å². The first kappa shape index (κ1) is 25.9. The highest BCUT2D eigenvalue weighted by molar-refractivity contribution is 7.97. The number of aliphatic hydroxyl groups is 1. The molecule has 0 aliphatic carbocycles. The van der Waals surface area contributed by atoms with Crippen molar-refractivity contribution in [2.75, 3.05) is 5.73 Å². The molecule has 0 fully saturated rings. The summed E-state index contributed by atoms with van der Waals surface area (Å²) in [5.41, 5.74) is 10.3. The topological polar surface area (TPSA) is 119 Å². The standard InChI is InChI=1S/C26H21FN4O4S.C2H6/c1-12-6-15-17(9-29-36-14-4-2-13(28)3-5-14)18-10-31-22(23(18)30-21(15)8-20(12)27)7-16-19(25(31)33)11-35-26(34)24(16)32;1-2/h2-8,24,29,32H,9-11,28H2,1H3;1-2H3. The van der Waals surface area contributed by atoms with E-state index in [1.54, 1.807) is 23.6 Å². The average molecular weight is 535 g/mol. The number of aryl methyl sites for hydroxylation is 1. The molecular formula is C28H27FN4O4S. The predicted octanol–water partition coefficient (Wildman–Crippen LogP) is 4.37. The summed E-state index contributed by atoms with van der Waals surface area (Å²) in [6.07, 6.45) is -1.53. The molecule has 0 saturated heterocycles. The third kappa shape index (κ3) is 4.34. The number of cyclic esters (lactones) is 1.